The summed E-state index contributed by atoms with van der Waals surface area (Å²) in [5.74, 6) is -0.615. The lowest BCUT2D eigenvalue weighted by Crippen LogP contribution is -2.36. The van der Waals surface area contributed by atoms with Gasteiger partial charge in [0, 0.05) is 49.1 Å². The van der Waals surface area contributed by atoms with Crippen LogP contribution < -0.4 is 26.0 Å². The number of unbranched alkanes of at least 4 members (excludes halogenated alkanes) is 1. The number of hydrogen-bond acceptors (Lipinski definition) is 13. The fraction of sp³-hybridized carbons (Fsp3) is 0.596. The standard InChI is InChI=1S/C47H68N4O12S/c1-3-4-5-6-19-41(53)48-22-12-16-36-32-38(52)34(2)13-7-8-14-35-15-11-17-39(44(35)46(56)62-36)63-43(55)21-24-58-26-28-60-30-31-61-29-27-59-25-23-49-42(54)20-10-9-18-40-45-37(33-64-40)50-47(57)51-45/h4-8,11-12,15,17,19,22,34,36-38,40,45,52H,3,9-10,13-14,16,18,20-21,23-33H2,1-2H3,(H,48,53)(H,49,54)(H2,50,51,57)/b5-4-,8-7+,19-6-,22-12+/t34-,36-,37-,38+,40-,45-/m0/s1. The molecule has 5 N–H and O–H groups in total. The van der Waals surface area contributed by atoms with E-state index in [1.54, 1.807) is 36.4 Å². The van der Waals surface area contributed by atoms with Crippen LogP contribution in [0.25, 0.3) is 0 Å². The van der Waals surface area contributed by atoms with Crippen LogP contribution in [0.15, 0.2) is 66.9 Å². The smallest absolute Gasteiger partial charge is 0.342 e. The number of ether oxygens (including phenoxy) is 6. The summed E-state index contributed by atoms with van der Waals surface area (Å²) < 4.78 is 33.8. The zero-order valence-electron chi connectivity index (χ0n) is 37.3. The molecule has 0 spiro atoms. The van der Waals surface area contributed by atoms with E-state index in [-0.39, 0.29) is 79.6 Å². The van der Waals surface area contributed by atoms with Crippen molar-refractivity contribution in [3.05, 3.63) is 78.1 Å². The van der Waals surface area contributed by atoms with Gasteiger partial charge in [-0.15, -0.1) is 0 Å². The molecule has 64 heavy (non-hydrogen) atoms. The second kappa shape index (κ2) is 30.6. The number of urea groups is 1. The maximum absolute atomic E-state index is 13.7. The lowest BCUT2D eigenvalue weighted by molar-refractivity contribution is -0.135. The highest BCUT2D eigenvalue weighted by Gasteiger charge is 2.42. The van der Waals surface area contributed by atoms with E-state index in [0.29, 0.717) is 76.3 Å². The molecule has 4 amide bonds. The molecule has 0 bridgehead atoms. The number of benzene rings is 1. The number of amides is 4. The second-order valence-electron chi connectivity index (χ2n) is 15.7. The van der Waals surface area contributed by atoms with Crippen molar-refractivity contribution in [2.75, 3.05) is 65.2 Å². The van der Waals surface area contributed by atoms with Crippen LogP contribution in [-0.2, 0) is 44.5 Å². The maximum atomic E-state index is 13.7. The molecule has 1 aromatic carbocycles. The second-order valence-corrected chi connectivity index (χ2v) is 17.0. The topological polar surface area (TPSA) is 209 Å². The lowest BCUT2D eigenvalue weighted by Gasteiger charge is -2.25. The van der Waals surface area contributed by atoms with E-state index < -0.39 is 24.1 Å². The molecule has 4 rings (SSSR count). The third-order valence-electron chi connectivity index (χ3n) is 10.7. The largest absolute Gasteiger partial charge is 0.458 e. The third-order valence-corrected chi connectivity index (χ3v) is 12.2. The van der Waals surface area contributed by atoms with Gasteiger partial charge in [0.05, 0.1) is 77.5 Å². The molecule has 1 aromatic rings. The van der Waals surface area contributed by atoms with Crippen LogP contribution >= 0.6 is 11.8 Å². The minimum atomic E-state index is -0.741. The Balaban J connectivity index is 1.05. The quantitative estimate of drug-likeness (QED) is 0.0152. The van der Waals surface area contributed by atoms with Gasteiger partial charge in [-0.2, -0.15) is 11.8 Å². The first kappa shape index (κ1) is 52.1. The molecule has 2 fully saturated rings. The highest BCUT2D eigenvalue weighted by molar-refractivity contribution is 8.00. The number of fused-ring (bicyclic) bond motifs is 2. The van der Waals surface area contributed by atoms with Crippen molar-refractivity contribution < 1.29 is 57.5 Å². The minimum Gasteiger partial charge on any atom is -0.458 e. The Kier molecular flexibility index (Phi) is 24.9. The van der Waals surface area contributed by atoms with E-state index in [0.717, 1.165) is 31.4 Å². The lowest BCUT2D eigenvalue weighted by atomic mass is 9.93. The number of aliphatic hydroxyl groups is 1. The van der Waals surface area contributed by atoms with Gasteiger partial charge in [0.1, 0.15) is 17.4 Å². The van der Waals surface area contributed by atoms with Gasteiger partial charge in [0.25, 0.3) is 0 Å². The monoisotopic (exact) mass is 912 g/mol. The predicted octanol–water partition coefficient (Wildman–Crippen LogP) is 4.85. The Bertz CT molecular complexity index is 1740. The van der Waals surface area contributed by atoms with E-state index in [2.05, 4.69) is 21.3 Å². The molecule has 17 heteroatoms. The average Bonchev–Trinajstić information content (AvgIpc) is 3.83. The van der Waals surface area contributed by atoms with E-state index in [9.17, 15) is 29.1 Å². The molecule has 3 aliphatic heterocycles. The number of hydrogen-bond donors (Lipinski definition) is 5. The van der Waals surface area contributed by atoms with Gasteiger partial charge in [-0.25, -0.2) is 9.59 Å². The number of nitrogens with one attached hydrogen (secondary N) is 4. The van der Waals surface area contributed by atoms with Crippen LogP contribution in [0.1, 0.15) is 87.6 Å². The first-order chi connectivity index (χ1) is 31.1. The Labute approximate surface area is 381 Å². The number of thioether (sulfide) groups is 1. The molecule has 0 aliphatic carbocycles. The van der Waals surface area contributed by atoms with Crippen molar-refractivity contribution in [3.8, 4) is 5.75 Å². The zero-order chi connectivity index (χ0) is 45.8. The summed E-state index contributed by atoms with van der Waals surface area (Å²) in [6.07, 6.45) is 17.8. The summed E-state index contributed by atoms with van der Waals surface area (Å²) in [7, 11) is 0. The average molecular weight is 913 g/mol. The Hall–Kier alpha value is -4.52. The summed E-state index contributed by atoms with van der Waals surface area (Å²) in [5, 5.41) is 22.8. The van der Waals surface area contributed by atoms with Gasteiger partial charge in [-0.3, -0.25) is 14.4 Å². The summed E-state index contributed by atoms with van der Waals surface area (Å²) in [6.45, 7) is 6.95. The minimum absolute atomic E-state index is 0.00932. The van der Waals surface area contributed by atoms with Crippen LogP contribution in [0, 0.1) is 5.92 Å². The normalized spacial score (nSPS) is 22.9. The summed E-state index contributed by atoms with van der Waals surface area (Å²) >= 11 is 1.88. The molecule has 0 unspecified atom stereocenters. The maximum Gasteiger partial charge on any atom is 0.342 e. The van der Waals surface area contributed by atoms with Crippen LogP contribution in [0.4, 0.5) is 4.79 Å². The van der Waals surface area contributed by atoms with Crippen molar-refractivity contribution in [1.29, 1.82) is 0 Å². The van der Waals surface area contributed by atoms with Gasteiger partial charge in [0.2, 0.25) is 11.8 Å². The van der Waals surface area contributed by atoms with Gasteiger partial charge in [0.15, 0.2) is 0 Å². The first-order valence-electron chi connectivity index (χ1n) is 22.6. The van der Waals surface area contributed by atoms with Gasteiger partial charge >= 0.3 is 18.0 Å². The fourth-order valence-corrected chi connectivity index (χ4v) is 8.67. The number of rotatable bonds is 27. The Morgan fingerprint density at radius 3 is 2.44 bits per heavy atom. The molecule has 0 radical (unpaired) electrons. The molecular formula is C47H68N4O12S. The van der Waals surface area contributed by atoms with E-state index in [1.165, 1.54) is 12.3 Å². The molecule has 2 saturated heterocycles. The SMILES string of the molecule is CC/C=C\C=C/C(=O)N/C=C/C[C@H]1C[C@@H](O)[C@@H](C)C/C=C/Cc2cccc(OC(=O)CCOCCOCCOCCOCCNC(=O)CCCC[C@@H]3SC[C@@H]4NC(=O)N[C@@H]43)c2C(=O)O1. The number of carbonyl (C=O) groups is 5. The summed E-state index contributed by atoms with van der Waals surface area (Å²) in [5.41, 5.74) is 0.770. The molecule has 0 aromatic heterocycles. The molecule has 16 nitrogen and oxygen atoms in total. The molecule has 3 heterocycles. The van der Waals surface area contributed by atoms with Crippen molar-refractivity contribution >= 4 is 41.5 Å². The highest BCUT2D eigenvalue weighted by atomic mass is 32.2. The fourth-order valence-electron chi connectivity index (χ4n) is 7.13. The zero-order valence-corrected chi connectivity index (χ0v) is 38.1. The number of esters is 2. The van der Waals surface area contributed by atoms with Crippen molar-refractivity contribution in [1.82, 2.24) is 21.3 Å². The van der Waals surface area contributed by atoms with E-state index in [1.807, 2.05) is 43.8 Å². The number of allylic oxidation sites excluding steroid dienone is 5. The van der Waals surface area contributed by atoms with Crippen molar-refractivity contribution in [3.63, 3.8) is 0 Å². The van der Waals surface area contributed by atoms with E-state index >= 15 is 0 Å². The Morgan fingerprint density at radius 1 is 0.922 bits per heavy atom. The van der Waals surface area contributed by atoms with Crippen molar-refractivity contribution in [2.24, 2.45) is 5.92 Å². The van der Waals surface area contributed by atoms with E-state index in [4.69, 9.17) is 28.4 Å². The number of carbonyl (C=O) groups excluding carboxylic acids is 5. The number of aliphatic hydroxyl groups excluding tert-OH is 1. The predicted molar refractivity (Wildman–Crippen MR) is 244 cm³/mol. The van der Waals surface area contributed by atoms with Gasteiger partial charge in [-0.05, 0) is 49.7 Å². The summed E-state index contributed by atoms with van der Waals surface area (Å²) in [6, 6.07) is 5.39. The van der Waals surface area contributed by atoms with Gasteiger partial charge in [-0.1, -0.05) is 68.9 Å². The highest BCUT2D eigenvalue weighted by Crippen LogP contribution is 2.33. The van der Waals surface area contributed by atoms with Crippen LogP contribution in [0.5, 0.6) is 5.75 Å². The van der Waals surface area contributed by atoms with Crippen LogP contribution in [0.3, 0.4) is 0 Å². The third kappa shape index (κ3) is 20.1. The molecule has 3 aliphatic rings. The van der Waals surface area contributed by atoms with Crippen LogP contribution in [0.2, 0.25) is 0 Å². The summed E-state index contributed by atoms with van der Waals surface area (Å²) in [4.78, 5) is 62.4. The molecule has 354 valence electrons. The molecule has 6 atom stereocenters. The Morgan fingerprint density at radius 2 is 1.67 bits per heavy atom. The van der Waals surface area contributed by atoms with Crippen molar-refractivity contribution in [2.45, 2.75) is 108 Å². The first-order valence-corrected chi connectivity index (χ1v) is 23.6. The number of cyclic esters (lactones) is 1. The van der Waals surface area contributed by atoms with Gasteiger partial charge < -0.3 is 54.8 Å². The molecular weight excluding hydrogens is 845 g/mol. The molecule has 0 saturated carbocycles. The van der Waals surface area contributed by atoms with Crippen LogP contribution in [-0.4, -0.2) is 130 Å².